The van der Waals surface area contributed by atoms with E-state index in [0.29, 0.717) is 31.8 Å². The predicted molar refractivity (Wildman–Crippen MR) is 96.0 cm³/mol. The van der Waals surface area contributed by atoms with Crippen LogP contribution in [-0.4, -0.2) is 38.1 Å². The van der Waals surface area contributed by atoms with Crippen LogP contribution in [0.3, 0.4) is 0 Å². The SMILES string of the molecule is CCS(=O)(=O)N1CCC(c2cc(CNCC(C)C)ccc2F)CC1. The molecular weight excluding hydrogens is 327 g/mol. The summed E-state index contributed by atoms with van der Waals surface area (Å²) in [4.78, 5) is 0. The van der Waals surface area contributed by atoms with Gasteiger partial charge in [0.2, 0.25) is 10.0 Å². The van der Waals surface area contributed by atoms with Crippen LogP contribution in [0.5, 0.6) is 0 Å². The molecule has 1 N–H and O–H groups in total. The number of hydrogen-bond donors (Lipinski definition) is 1. The molecule has 1 fully saturated rings. The number of nitrogens with one attached hydrogen (secondary N) is 1. The van der Waals surface area contributed by atoms with Gasteiger partial charge in [-0.15, -0.1) is 0 Å². The Labute approximate surface area is 145 Å². The number of piperidine rings is 1. The predicted octanol–water partition coefficient (Wildman–Crippen LogP) is 3.10. The highest BCUT2D eigenvalue weighted by molar-refractivity contribution is 7.89. The zero-order chi connectivity index (χ0) is 17.7. The average Bonchev–Trinajstić information content (AvgIpc) is 2.56. The molecular formula is C18H29FN2O2S. The van der Waals surface area contributed by atoms with Crippen molar-refractivity contribution in [3.8, 4) is 0 Å². The van der Waals surface area contributed by atoms with Crippen molar-refractivity contribution >= 4 is 10.0 Å². The zero-order valence-electron chi connectivity index (χ0n) is 14.9. The topological polar surface area (TPSA) is 49.4 Å². The van der Waals surface area contributed by atoms with Crippen LogP contribution in [0.25, 0.3) is 0 Å². The second-order valence-electron chi connectivity index (χ2n) is 6.95. The van der Waals surface area contributed by atoms with Gasteiger partial charge in [0.15, 0.2) is 0 Å². The van der Waals surface area contributed by atoms with E-state index in [1.807, 2.05) is 12.1 Å². The summed E-state index contributed by atoms with van der Waals surface area (Å²) >= 11 is 0. The van der Waals surface area contributed by atoms with Gasteiger partial charge < -0.3 is 5.32 Å². The molecule has 0 amide bonds. The molecule has 0 radical (unpaired) electrons. The number of sulfonamides is 1. The first-order chi connectivity index (χ1) is 11.3. The number of rotatable bonds is 7. The Morgan fingerprint density at radius 2 is 1.96 bits per heavy atom. The monoisotopic (exact) mass is 356 g/mol. The van der Waals surface area contributed by atoms with Crippen molar-refractivity contribution in [1.29, 1.82) is 0 Å². The summed E-state index contributed by atoms with van der Waals surface area (Å²) in [5, 5.41) is 3.38. The summed E-state index contributed by atoms with van der Waals surface area (Å²) in [7, 11) is -3.14. The van der Waals surface area contributed by atoms with Gasteiger partial charge in [-0.1, -0.05) is 26.0 Å². The Bertz CT molecular complexity index is 638. The maximum Gasteiger partial charge on any atom is 0.213 e. The smallest absolute Gasteiger partial charge is 0.213 e. The molecule has 1 heterocycles. The van der Waals surface area contributed by atoms with Gasteiger partial charge in [-0.25, -0.2) is 17.1 Å². The Morgan fingerprint density at radius 1 is 1.29 bits per heavy atom. The van der Waals surface area contributed by atoms with Crippen LogP contribution in [0.15, 0.2) is 18.2 Å². The van der Waals surface area contributed by atoms with E-state index < -0.39 is 10.0 Å². The van der Waals surface area contributed by atoms with Gasteiger partial charge in [0.05, 0.1) is 5.75 Å². The lowest BCUT2D eigenvalue weighted by atomic mass is 9.89. The van der Waals surface area contributed by atoms with Gasteiger partial charge in [-0.2, -0.15) is 0 Å². The minimum atomic E-state index is -3.14. The Balaban J connectivity index is 2.02. The number of halogens is 1. The molecule has 1 aromatic carbocycles. The van der Waals surface area contributed by atoms with Gasteiger partial charge in [-0.3, -0.25) is 0 Å². The molecule has 136 valence electrons. The molecule has 0 atom stereocenters. The van der Waals surface area contributed by atoms with Crippen molar-refractivity contribution in [2.24, 2.45) is 5.92 Å². The zero-order valence-corrected chi connectivity index (χ0v) is 15.7. The van der Waals surface area contributed by atoms with E-state index >= 15 is 0 Å². The Morgan fingerprint density at radius 3 is 2.54 bits per heavy atom. The van der Waals surface area contributed by atoms with E-state index in [4.69, 9.17) is 0 Å². The molecule has 0 saturated carbocycles. The Kier molecular flexibility index (Phi) is 6.78. The standard InChI is InChI=1S/C18H29FN2O2S/c1-4-24(22,23)21-9-7-16(8-10-21)17-11-15(5-6-18(17)19)13-20-12-14(2)3/h5-6,11,14,16,20H,4,7-10,12-13H2,1-3H3. The molecule has 24 heavy (non-hydrogen) atoms. The van der Waals surface area contributed by atoms with Crippen molar-refractivity contribution in [3.63, 3.8) is 0 Å². The summed E-state index contributed by atoms with van der Waals surface area (Å²) in [5.41, 5.74) is 1.81. The molecule has 0 aliphatic carbocycles. The second-order valence-corrected chi connectivity index (χ2v) is 9.21. The van der Waals surface area contributed by atoms with E-state index in [0.717, 1.165) is 24.2 Å². The molecule has 1 aromatic rings. The fourth-order valence-electron chi connectivity index (χ4n) is 3.15. The molecule has 0 spiro atoms. The second kappa shape index (κ2) is 8.41. The van der Waals surface area contributed by atoms with Crippen molar-refractivity contribution in [2.75, 3.05) is 25.4 Å². The van der Waals surface area contributed by atoms with Gasteiger partial charge in [0, 0.05) is 19.6 Å². The first-order valence-electron chi connectivity index (χ1n) is 8.80. The first kappa shape index (κ1) is 19.3. The van der Waals surface area contributed by atoms with E-state index in [1.54, 1.807) is 6.92 Å². The summed E-state index contributed by atoms with van der Waals surface area (Å²) in [5.74, 6) is 0.621. The lowest BCUT2D eigenvalue weighted by Gasteiger charge is -2.31. The summed E-state index contributed by atoms with van der Waals surface area (Å²) in [6.07, 6.45) is 1.36. The summed E-state index contributed by atoms with van der Waals surface area (Å²) in [6.45, 7) is 8.60. The van der Waals surface area contributed by atoms with Crippen molar-refractivity contribution in [2.45, 2.75) is 46.1 Å². The van der Waals surface area contributed by atoms with E-state index in [9.17, 15) is 12.8 Å². The van der Waals surface area contributed by atoms with Crippen LogP contribution in [0, 0.1) is 11.7 Å². The lowest BCUT2D eigenvalue weighted by molar-refractivity contribution is 0.316. The van der Waals surface area contributed by atoms with Crippen LogP contribution < -0.4 is 5.32 Å². The molecule has 6 heteroatoms. The average molecular weight is 357 g/mol. The minimum absolute atomic E-state index is 0.0957. The molecule has 1 aliphatic heterocycles. The molecule has 0 unspecified atom stereocenters. The normalized spacial score (nSPS) is 17.5. The van der Waals surface area contributed by atoms with E-state index in [-0.39, 0.29) is 17.5 Å². The van der Waals surface area contributed by atoms with Gasteiger partial charge >= 0.3 is 0 Å². The highest BCUT2D eigenvalue weighted by Gasteiger charge is 2.28. The van der Waals surface area contributed by atoms with Crippen LogP contribution in [-0.2, 0) is 16.6 Å². The van der Waals surface area contributed by atoms with Crippen molar-refractivity contribution in [1.82, 2.24) is 9.62 Å². The maximum absolute atomic E-state index is 14.2. The molecule has 0 bridgehead atoms. The van der Waals surface area contributed by atoms with Crippen LogP contribution in [0.2, 0.25) is 0 Å². The number of hydrogen-bond acceptors (Lipinski definition) is 3. The quantitative estimate of drug-likeness (QED) is 0.817. The molecule has 4 nitrogen and oxygen atoms in total. The van der Waals surface area contributed by atoms with Gasteiger partial charge in [0.1, 0.15) is 5.82 Å². The molecule has 1 aliphatic rings. The van der Waals surface area contributed by atoms with Crippen molar-refractivity contribution in [3.05, 3.63) is 35.1 Å². The number of benzene rings is 1. The lowest BCUT2D eigenvalue weighted by Crippen LogP contribution is -2.38. The third kappa shape index (κ3) is 5.01. The molecule has 1 saturated heterocycles. The fraction of sp³-hybridized carbons (Fsp3) is 0.667. The minimum Gasteiger partial charge on any atom is -0.312 e. The fourth-order valence-corrected chi connectivity index (χ4v) is 4.28. The van der Waals surface area contributed by atoms with Crippen LogP contribution in [0.1, 0.15) is 50.7 Å². The molecule has 2 rings (SSSR count). The Hall–Kier alpha value is -0.980. The van der Waals surface area contributed by atoms with Gasteiger partial charge in [0.25, 0.3) is 0 Å². The van der Waals surface area contributed by atoms with Gasteiger partial charge in [-0.05, 0) is 55.3 Å². The maximum atomic E-state index is 14.2. The molecule has 0 aromatic heterocycles. The third-order valence-electron chi connectivity index (χ3n) is 4.59. The first-order valence-corrected chi connectivity index (χ1v) is 10.4. The van der Waals surface area contributed by atoms with Crippen LogP contribution >= 0.6 is 0 Å². The van der Waals surface area contributed by atoms with Crippen molar-refractivity contribution < 1.29 is 12.8 Å². The summed E-state index contributed by atoms with van der Waals surface area (Å²) < 4.78 is 39.7. The van der Waals surface area contributed by atoms with E-state index in [2.05, 4.69) is 19.2 Å². The highest BCUT2D eigenvalue weighted by Crippen LogP contribution is 2.31. The third-order valence-corrected chi connectivity index (χ3v) is 6.48. The summed E-state index contributed by atoms with van der Waals surface area (Å²) in [6, 6.07) is 5.30. The van der Waals surface area contributed by atoms with E-state index in [1.165, 1.54) is 10.4 Å². The highest BCUT2D eigenvalue weighted by atomic mass is 32.2. The largest absolute Gasteiger partial charge is 0.312 e. The van der Waals surface area contributed by atoms with Crippen LogP contribution in [0.4, 0.5) is 4.39 Å². The number of nitrogens with zero attached hydrogens (tertiary/aromatic N) is 1.